The highest BCUT2D eigenvalue weighted by Gasteiger charge is 2.01. The van der Waals surface area contributed by atoms with Crippen molar-refractivity contribution in [1.29, 1.82) is 0 Å². The van der Waals surface area contributed by atoms with Crippen LogP contribution in [0.25, 0.3) is 0 Å². The largest absolute Gasteiger partial charge is 0.513 e. The normalized spacial score (nSPS) is 12.7. The number of hydrogen-bond donors (Lipinski definition) is 1. The van der Waals surface area contributed by atoms with Gasteiger partial charge >= 0.3 is 12.1 Å². The highest BCUT2D eigenvalue weighted by Crippen LogP contribution is 1.95. The van der Waals surface area contributed by atoms with Crippen LogP contribution in [0, 0.1) is 0 Å². The van der Waals surface area contributed by atoms with Crippen molar-refractivity contribution in [3.8, 4) is 0 Å². The molecule has 0 fully saturated rings. The van der Waals surface area contributed by atoms with Crippen molar-refractivity contribution in [2.75, 3.05) is 13.2 Å². The van der Waals surface area contributed by atoms with E-state index in [4.69, 9.17) is 9.84 Å². The first kappa shape index (κ1) is 13.2. The summed E-state index contributed by atoms with van der Waals surface area (Å²) in [5, 5.41) is 7.72. The number of aliphatic imine (C=N–C) groups is 1. The zero-order chi connectivity index (χ0) is 11.7. The molecule has 0 atom stereocenters. The second kappa shape index (κ2) is 7.54. The van der Waals surface area contributed by atoms with Gasteiger partial charge in [0.1, 0.15) is 6.61 Å². The van der Waals surface area contributed by atoms with Crippen LogP contribution in [-0.2, 0) is 14.3 Å². The molecular formula is C9H13NO5. The highest BCUT2D eigenvalue weighted by molar-refractivity contribution is 5.88. The minimum atomic E-state index is -1.62. The Morgan fingerprint density at radius 2 is 2.40 bits per heavy atom. The van der Waals surface area contributed by atoms with Crippen LogP contribution in [0.15, 0.2) is 17.6 Å². The van der Waals surface area contributed by atoms with Crippen LogP contribution in [0.3, 0.4) is 0 Å². The molecule has 0 spiro atoms. The number of ether oxygens (including phenoxy) is 2. The van der Waals surface area contributed by atoms with Crippen molar-refractivity contribution in [2.45, 2.75) is 13.3 Å². The first-order chi connectivity index (χ1) is 7.10. The van der Waals surface area contributed by atoms with Crippen LogP contribution in [0.4, 0.5) is 4.79 Å². The molecule has 0 saturated carbocycles. The zero-order valence-electron chi connectivity index (χ0n) is 8.43. The van der Waals surface area contributed by atoms with Gasteiger partial charge in [-0.1, -0.05) is 13.5 Å². The number of esters is 1. The maximum absolute atomic E-state index is 9.90. The van der Waals surface area contributed by atoms with E-state index in [0.29, 0.717) is 0 Å². The first-order valence-corrected chi connectivity index (χ1v) is 4.33. The lowest BCUT2D eigenvalue weighted by Crippen LogP contribution is -2.05. The summed E-state index contributed by atoms with van der Waals surface area (Å²) in [6.45, 7) is 6.68. The molecule has 6 nitrogen and oxygen atoms in total. The maximum Gasteiger partial charge on any atom is 0.513 e. The zero-order valence-corrected chi connectivity index (χ0v) is 8.43. The molecule has 0 amide bonds. The molecule has 0 saturated heterocycles. The molecule has 0 radical (unpaired) electrons. The first-order valence-electron chi connectivity index (χ1n) is 4.33. The van der Waals surface area contributed by atoms with Crippen molar-refractivity contribution in [1.82, 2.24) is 0 Å². The van der Waals surface area contributed by atoms with E-state index in [1.54, 1.807) is 0 Å². The fourth-order valence-electron chi connectivity index (χ4n) is 0.721. The Labute approximate surface area is 87.2 Å². The summed E-state index contributed by atoms with van der Waals surface area (Å²) in [7, 11) is 0. The van der Waals surface area contributed by atoms with E-state index >= 15 is 0 Å². The second-order valence-electron chi connectivity index (χ2n) is 2.37. The third kappa shape index (κ3) is 7.24. The van der Waals surface area contributed by atoms with Crippen LogP contribution in [0.5, 0.6) is 0 Å². The van der Waals surface area contributed by atoms with Gasteiger partial charge in [-0.2, -0.15) is 0 Å². The van der Waals surface area contributed by atoms with Gasteiger partial charge in [-0.3, -0.25) is 4.99 Å². The van der Waals surface area contributed by atoms with Crippen LogP contribution in [-0.4, -0.2) is 36.3 Å². The summed E-state index contributed by atoms with van der Waals surface area (Å²) in [4.78, 5) is 23.4. The molecule has 6 heteroatoms. The van der Waals surface area contributed by atoms with E-state index in [9.17, 15) is 9.59 Å². The summed E-state index contributed by atoms with van der Waals surface area (Å²) >= 11 is 0. The molecule has 84 valence electrons. The molecule has 0 aromatic carbocycles. The Morgan fingerprint density at radius 1 is 1.73 bits per heavy atom. The molecule has 1 rings (SSSR count). The lowest BCUT2D eigenvalue weighted by molar-refractivity contribution is -0.133. The average Bonchev–Trinajstić information content (AvgIpc) is 2.70. The Hall–Kier alpha value is -1.85. The van der Waals surface area contributed by atoms with Crippen LogP contribution >= 0.6 is 0 Å². The smallest absolute Gasteiger partial charge is 0.479 e. The Bertz CT molecular complexity index is 272. The molecule has 0 aromatic rings. The quantitative estimate of drug-likeness (QED) is 0.425. The molecule has 15 heavy (non-hydrogen) atoms. The molecule has 0 bridgehead atoms. The summed E-state index contributed by atoms with van der Waals surface area (Å²) in [6, 6.07) is 0. The highest BCUT2D eigenvalue weighted by atomic mass is 16.7. The maximum atomic E-state index is 9.90. The van der Waals surface area contributed by atoms with E-state index in [1.165, 1.54) is 0 Å². The SMILES string of the molecule is C=CC(=O)OC(=O)O.CCC1=NCCO1. The number of carbonyl (C=O) groups excluding carboxylic acids is 1. The van der Waals surface area contributed by atoms with Crippen LogP contribution < -0.4 is 0 Å². The monoisotopic (exact) mass is 215 g/mol. The van der Waals surface area contributed by atoms with Crippen molar-refractivity contribution < 1.29 is 24.2 Å². The van der Waals surface area contributed by atoms with Crippen LogP contribution in [0.1, 0.15) is 13.3 Å². The standard InChI is InChI=1S/C5H9NO.C4H4O4/c1-2-5-6-3-4-7-5;1-2-3(5)8-4(6)7/h2-4H2,1H3;2H,1H2,(H,6,7). The number of rotatable bonds is 2. The Morgan fingerprint density at radius 3 is 2.60 bits per heavy atom. The second-order valence-corrected chi connectivity index (χ2v) is 2.37. The van der Waals surface area contributed by atoms with Crippen molar-refractivity contribution >= 4 is 18.0 Å². The van der Waals surface area contributed by atoms with E-state index in [1.807, 2.05) is 6.92 Å². The molecule has 1 heterocycles. The van der Waals surface area contributed by atoms with Crippen molar-refractivity contribution in [3.05, 3.63) is 12.7 Å². The Balaban J connectivity index is 0.000000262. The molecule has 0 aromatic heterocycles. The molecular weight excluding hydrogens is 202 g/mol. The fourth-order valence-corrected chi connectivity index (χ4v) is 0.721. The van der Waals surface area contributed by atoms with E-state index in [-0.39, 0.29) is 0 Å². The lowest BCUT2D eigenvalue weighted by Gasteiger charge is -1.91. The van der Waals surface area contributed by atoms with Gasteiger partial charge in [0, 0.05) is 12.5 Å². The van der Waals surface area contributed by atoms with Gasteiger partial charge < -0.3 is 14.6 Å². The van der Waals surface area contributed by atoms with Gasteiger partial charge in [0.05, 0.1) is 6.54 Å². The molecule has 1 aliphatic heterocycles. The third-order valence-electron chi connectivity index (χ3n) is 1.31. The predicted octanol–water partition coefficient (Wildman–Crippen LogP) is 1.22. The van der Waals surface area contributed by atoms with Crippen molar-refractivity contribution in [2.24, 2.45) is 4.99 Å². The summed E-state index contributed by atoms with van der Waals surface area (Å²) in [5.74, 6) is -0.0440. The van der Waals surface area contributed by atoms with Crippen LogP contribution in [0.2, 0.25) is 0 Å². The van der Waals surface area contributed by atoms with E-state index in [2.05, 4.69) is 16.3 Å². The third-order valence-corrected chi connectivity index (χ3v) is 1.31. The van der Waals surface area contributed by atoms with E-state index in [0.717, 1.165) is 31.5 Å². The topological polar surface area (TPSA) is 85.2 Å². The molecule has 1 aliphatic rings. The molecule has 0 aliphatic carbocycles. The molecule has 1 N–H and O–H groups in total. The lowest BCUT2D eigenvalue weighted by atomic mass is 10.5. The number of nitrogens with zero attached hydrogens (tertiary/aromatic N) is 1. The van der Waals surface area contributed by atoms with Gasteiger partial charge in [0.15, 0.2) is 5.90 Å². The Kier molecular flexibility index (Phi) is 6.61. The minimum Gasteiger partial charge on any atom is -0.479 e. The van der Waals surface area contributed by atoms with Gasteiger partial charge in [-0.05, 0) is 0 Å². The van der Waals surface area contributed by atoms with E-state index < -0.39 is 12.1 Å². The van der Waals surface area contributed by atoms with Gasteiger partial charge in [-0.15, -0.1) is 0 Å². The molecule has 0 unspecified atom stereocenters. The van der Waals surface area contributed by atoms with Gasteiger partial charge in [-0.25, -0.2) is 9.59 Å². The summed E-state index contributed by atoms with van der Waals surface area (Å²) in [6.07, 6.45) is 0.101. The minimum absolute atomic E-state index is 0.772. The number of carbonyl (C=O) groups is 2. The predicted molar refractivity (Wildman–Crippen MR) is 52.9 cm³/mol. The summed E-state index contributed by atoms with van der Waals surface area (Å²) < 4.78 is 8.61. The summed E-state index contributed by atoms with van der Waals surface area (Å²) in [5.41, 5.74) is 0. The van der Waals surface area contributed by atoms with Gasteiger partial charge in [0.25, 0.3) is 0 Å². The number of carboxylic acid groups (broad SMARTS) is 1. The fraction of sp³-hybridized carbons (Fsp3) is 0.444. The van der Waals surface area contributed by atoms with Gasteiger partial charge in [0.2, 0.25) is 0 Å². The average molecular weight is 215 g/mol. The number of hydrogen-bond acceptors (Lipinski definition) is 5. The van der Waals surface area contributed by atoms with Crippen molar-refractivity contribution in [3.63, 3.8) is 0 Å².